The molecule has 16 heavy (non-hydrogen) atoms. The minimum atomic E-state index is -0.670. The number of aliphatic hydroxyl groups excluding tert-OH is 1. The number of para-hydroxylation sites is 1. The first-order valence-electron chi connectivity index (χ1n) is 5.49. The summed E-state index contributed by atoms with van der Waals surface area (Å²) in [7, 11) is 0. The number of hydrogen-bond acceptors (Lipinski definition) is 2. The molecule has 0 aliphatic heterocycles. The van der Waals surface area contributed by atoms with Crippen LogP contribution in [-0.4, -0.2) is 5.11 Å². The van der Waals surface area contributed by atoms with Gasteiger partial charge in [0.05, 0.1) is 0 Å². The topological polar surface area (TPSA) is 33.4 Å². The van der Waals surface area contributed by atoms with Gasteiger partial charge in [-0.3, -0.25) is 0 Å². The second-order valence-corrected chi connectivity index (χ2v) is 4.14. The van der Waals surface area contributed by atoms with E-state index in [9.17, 15) is 9.50 Å². The Kier molecular flexibility index (Phi) is 2.97. The van der Waals surface area contributed by atoms with E-state index in [1.807, 2.05) is 13.8 Å². The Balaban J connectivity index is 2.43. The predicted molar refractivity (Wildman–Crippen MR) is 60.6 cm³/mol. The van der Waals surface area contributed by atoms with E-state index in [-0.39, 0.29) is 17.3 Å². The largest absolute Gasteiger partial charge is 0.455 e. The van der Waals surface area contributed by atoms with Crippen LogP contribution in [0, 0.1) is 11.7 Å². The van der Waals surface area contributed by atoms with Gasteiger partial charge < -0.3 is 9.52 Å². The van der Waals surface area contributed by atoms with Crippen LogP contribution >= 0.6 is 0 Å². The van der Waals surface area contributed by atoms with Crippen molar-refractivity contribution in [3.05, 3.63) is 35.8 Å². The summed E-state index contributed by atoms with van der Waals surface area (Å²) in [6.45, 7) is 3.94. The average molecular weight is 222 g/mol. The summed E-state index contributed by atoms with van der Waals surface area (Å²) in [5, 5.41) is 10.7. The van der Waals surface area contributed by atoms with Crippen LogP contribution in [0.4, 0.5) is 4.39 Å². The van der Waals surface area contributed by atoms with Crippen molar-refractivity contribution < 1.29 is 13.9 Å². The van der Waals surface area contributed by atoms with E-state index in [1.165, 1.54) is 6.07 Å². The molecule has 2 atom stereocenters. The summed E-state index contributed by atoms with van der Waals surface area (Å²) >= 11 is 0. The Morgan fingerprint density at radius 3 is 2.81 bits per heavy atom. The highest BCUT2D eigenvalue weighted by Gasteiger charge is 2.19. The first kappa shape index (κ1) is 11.1. The molecular formula is C13H15FO2. The van der Waals surface area contributed by atoms with Crippen LogP contribution in [0.5, 0.6) is 0 Å². The van der Waals surface area contributed by atoms with Crippen molar-refractivity contribution in [3.63, 3.8) is 0 Å². The third-order valence-electron chi connectivity index (χ3n) is 2.99. The molecule has 0 radical (unpaired) electrons. The Hall–Kier alpha value is -1.35. The van der Waals surface area contributed by atoms with Crippen LogP contribution in [0.25, 0.3) is 11.0 Å². The van der Waals surface area contributed by atoms with E-state index < -0.39 is 6.10 Å². The molecule has 1 aromatic carbocycles. The van der Waals surface area contributed by atoms with Gasteiger partial charge in [-0.2, -0.15) is 0 Å². The predicted octanol–water partition coefficient (Wildman–Crippen LogP) is 3.65. The number of aliphatic hydroxyl groups is 1. The zero-order chi connectivity index (χ0) is 11.7. The molecular weight excluding hydrogens is 207 g/mol. The fraction of sp³-hybridized carbons (Fsp3) is 0.385. The molecule has 2 rings (SSSR count). The lowest BCUT2D eigenvalue weighted by Crippen LogP contribution is -2.06. The molecule has 0 bridgehead atoms. The molecule has 0 saturated heterocycles. The van der Waals surface area contributed by atoms with E-state index in [0.29, 0.717) is 11.1 Å². The van der Waals surface area contributed by atoms with Crippen molar-refractivity contribution in [1.82, 2.24) is 0 Å². The van der Waals surface area contributed by atoms with E-state index in [2.05, 4.69) is 0 Å². The molecule has 0 aliphatic carbocycles. The lowest BCUT2D eigenvalue weighted by Gasteiger charge is -2.13. The molecule has 3 heteroatoms. The van der Waals surface area contributed by atoms with E-state index in [1.54, 1.807) is 18.2 Å². The zero-order valence-electron chi connectivity index (χ0n) is 9.40. The maximum absolute atomic E-state index is 13.4. The molecule has 86 valence electrons. The summed E-state index contributed by atoms with van der Waals surface area (Å²) < 4.78 is 18.7. The zero-order valence-corrected chi connectivity index (χ0v) is 9.40. The third-order valence-corrected chi connectivity index (χ3v) is 2.99. The van der Waals surface area contributed by atoms with Crippen molar-refractivity contribution in [1.29, 1.82) is 0 Å². The quantitative estimate of drug-likeness (QED) is 0.859. The molecule has 1 aromatic heterocycles. The van der Waals surface area contributed by atoms with Gasteiger partial charge in [-0.15, -0.1) is 0 Å². The minimum Gasteiger partial charge on any atom is -0.455 e. The van der Waals surface area contributed by atoms with Crippen LogP contribution in [0.3, 0.4) is 0 Å². The summed E-state index contributed by atoms with van der Waals surface area (Å²) in [4.78, 5) is 0. The van der Waals surface area contributed by atoms with Crippen LogP contribution < -0.4 is 0 Å². The molecule has 0 spiro atoms. The third kappa shape index (κ3) is 1.83. The van der Waals surface area contributed by atoms with E-state index in [0.717, 1.165) is 6.42 Å². The van der Waals surface area contributed by atoms with Gasteiger partial charge in [-0.05, 0) is 18.1 Å². The molecule has 0 amide bonds. The Morgan fingerprint density at radius 2 is 2.19 bits per heavy atom. The number of rotatable bonds is 3. The van der Waals surface area contributed by atoms with Gasteiger partial charge in [0.25, 0.3) is 0 Å². The highest BCUT2D eigenvalue weighted by Crippen LogP contribution is 2.30. The summed E-state index contributed by atoms with van der Waals surface area (Å²) in [5.74, 6) is 0.151. The number of halogens is 1. The molecule has 2 unspecified atom stereocenters. The molecule has 1 heterocycles. The number of benzene rings is 1. The van der Waals surface area contributed by atoms with Gasteiger partial charge >= 0.3 is 0 Å². The summed E-state index contributed by atoms with van der Waals surface area (Å²) in [6, 6.07) is 6.46. The number of furan rings is 1. The standard InChI is InChI=1S/C13H15FO2/c1-3-8(2)12(15)11-7-9-5-4-6-10(14)13(9)16-11/h4-8,12,15H,3H2,1-2H3. The van der Waals surface area contributed by atoms with Gasteiger partial charge in [0.2, 0.25) is 0 Å². The molecule has 0 aliphatic rings. The summed E-state index contributed by atoms with van der Waals surface area (Å²) in [5.41, 5.74) is 0.222. The fourth-order valence-corrected chi connectivity index (χ4v) is 1.70. The van der Waals surface area contributed by atoms with Crippen molar-refractivity contribution in [3.8, 4) is 0 Å². The SMILES string of the molecule is CCC(C)C(O)c1cc2cccc(F)c2o1. The Bertz CT molecular complexity index is 490. The van der Waals surface area contributed by atoms with Crippen LogP contribution in [0.1, 0.15) is 32.1 Å². The molecule has 1 N–H and O–H groups in total. The van der Waals surface area contributed by atoms with Gasteiger partial charge in [0, 0.05) is 5.39 Å². The van der Waals surface area contributed by atoms with Gasteiger partial charge in [-0.1, -0.05) is 32.4 Å². The van der Waals surface area contributed by atoms with E-state index in [4.69, 9.17) is 4.42 Å². The lowest BCUT2D eigenvalue weighted by molar-refractivity contribution is 0.0939. The summed E-state index contributed by atoms with van der Waals surface area (Å²) in [6.07, 6.45) is 0.178. The van der Waals surface area contributed by atoms with Gasteiger partial charge in [-0.25, -0.2) is 4.39 Å². The maximum Gasteiger partial charge on any atom is 0.170 e. The van der Waals surface area contributed by atoms with Crippen molar-refractivity contribution >= 4 is 11.0 Å². The molecule has 0 saturated carbocycles. The molecule has 0 fully saturated rings. The van der Waals surface area contributed by atoms with Crippen LogP contribution in [-0.2, 0) is 0 Å². The molecule has 2 nitrogen and oxygen atoms in total. The second kappa shape index (κ2) is 4.26. The number of fused-ring (bicyclic) bond motifs is 1. The van der Waals surface area contributed by atoms with Crippen LogP contribution in [0.2, 0.25) is 0 Å². The highest BCUT2D eigenvalue weighted by atomic mass is 19.1. The van der Waals surface area contributed by atoms with Crippen molar-refractivity contribution in [2.45, 2.75) is 26.4 Å². The number of hydrogen-bond donors (Lipinski definition) is 1. The normalized spacial score (nSPS) is 15.2. The second-order valence-electron chi connectivity index (χ2n) is 4.14. The van der Waals surface area contributed by atoms with Gasteiger partial charge in [0.1, 0.15) is 11.9 Å². The fourth-order valence-electron chi connectivity index (χ4n) is 1.70. The monoisotopic (exact) mass is 222 g/mol. The average Bonchev–Trinajstić information content (AvgIpc) is 2.72. The minimum absolute atomic E-state index is 0.101. The maximum atomic E-state index is 13.4. The first-order valence-corrected chi connectivity index (χ1v) is 5.49. The Morgan fingerprint density at radius 1 is 1.44 bits per heavy atom. The lowest BCUT2D eigenvalue weighted by atomic mass is 10.00. The first-order chi connectivity index (χ1) is 7.63. The van der Waals surface area contributed by atoms with E-state index >= 15 is 0 Å². The molecule has 2 aromatic rings. The smallest absolute Gasteiger partial charge is 0.170 e. The van der Waals surface area contributed by atoms with Crippen LogP contribution in [0.15, 0.2) is 28.7 Å². The van der Waals surface area contributed by atoms with Crippen molar-refractivity contribution in [2.24, 2.45) is 5.92 Å². The highest BCUT2D eigenvalue weighted by molar-refractivity contribution is 5.78. The Labute approximate surface area is 93.7 Å². The van der Waals surface area contributed by atoms with Gasteiger partial charge in [0.15, 0.2) is 11.4 Å². The van der Waals surface area contributed by atoms with Crippen molar-refractivity contribution in [2.75, 3.05) is 0 Å².